The van der Waals surface area contributed by atoms with Crippen molar-refractivity contribution in [3.05, 3.63) is 0 Å². The third kappa shape index (κ3) is 10.6. The molecule has 0 spiro atoms. The Morgan fingerprint density at radius 3 is 1.23 bits per heavy atom. The molecule has 2 aliphatic heterocycles. The second kappa shape index (κ2) is 16.3. The molecule has 0 aromatic carbocycles. The van der Waals surface area contributed by atoms with Gasteiger partial charge in [0.1, 0.15) is 11.6 Å². The Kier molecular flexibility index (Phi) is 14.5. The first-order chi connectivity index (χ1) is 20.2. The van der Waals surface area contributed by atoms with Gasteiger partial charge < -0.3 is 50.7 Å². The lowest BCUT2D eigenvalue weighted by Crippen LogP contribution is -2.63. The van der Waals surface area contributed by atoms with Crippen molar-refractivity contribution in [1.82, 2.24) is 10.6 Å². The molecule has 10 unspecified atom stereocenters. The van der Waals surface area contributed by atoms with Gasteiger partial charge in [-0.3, -0.25) is 19.2 Å². The third-order valence-corrected chi connectivity index (χ3v) is 7.83. The van der Waals surface area contributed by atoms with Gasteiger partial charge in [-0.1, -0.05) is 27.7 Å². The van der Waals surface area contributed by atoms with Crippen LogP contribution in [0.5, 0.6) is 0 Å². The molecular formula is C28H46N2O14. The van der Waals surface area contributed by atoms with Crippen LogP contribution >= 0.6 is 0 Å². The zero-order valence-corrected chi connectivity index (χ0v) is 25.8. The van der Waals surface area contributed by atoms with Crippen LogP contribution in [0.25, 0.3) is 0 Å². The molecule has 16 nitrogen and oxygen atoms in total. The van der Waals surface area contributed by atoms with Crippen LogP contribution in [0.1, 0.15) is 80.1 Å². The van der Waals surface area contributed by atoms with Crippen molar-refractivity contribution in [2.24, 2.45) is 11.8 Å². The van der Waals surface area contributed by atoms with Crippen molar-refractivity contribution in [2.45, 2.75) is 128 Å². The summed E-state index contributed by atoms with van der Waals surface area (Å²) in [5.41, 5.74) is 0. The van der Waals surface area contributed by atoms with Crippen LogP contribution in [0, 0.1) is 11.8 Å². The summed E-state index contributed by atoms with van der Waals surface area (Å²) in [5.74, 6) is -10.2. The van der Waals surface area contributed by atoms with Crippen molar-refractivity contribution < 1.29 is 68.9 Å². The number of aliphatic hydroxyl groups excluding tert-OH is 2. The number of Topliss-reactive ketones (excluding diaryl/α,β-unsaturated/α-hetero) is 2. The molecule has 0 aromatic rings. The van der Waals surface area contributed by atoms with Gasteiger partial charge in [-0.2, -0.15) is 0 Å². The van der Waals surface area contributed by atoms with Gasteiger partial charge in [-0.25, -0.2) is 9.59 Å². The number of carboxylic acids is 2. The standard InChI is InChI=1S/2C14H23NO7/c2*1-4-7(2)9(17)5-11-12(15-8(3)16)10(18)6-14(21,22-11)13(19)20/h2*7,10-12,18,21H,4-6H2,1-3H3,(H,15,16)(H,19,20). The average Bonchev–Trinajstić information content (AvgIpc) is 2.91. The van der Waals surface area contributed by atoms with Crippen LogP contribution in [-0.2, 0) is 38.2 Å². The summed E-state index contributed by atoms with van der Waals surface area (Å²) in [7, 11) is 0. The maximum Gasteiger partial charge on any atom is 0.364 e. The van der Waals surface area contributed by atoms with Crippen LogP contribution in [0.2, 0.25) is 0 Å². The Labute approximate surface area is 255 Å². The SMILES string of the molecule is CCC(C)C(=O)CC1OC(O)(C(=O)O)CC(O)C1NC(C)=O.CCC(C)C(=O)CC1OC(O)(C(=O)O)CC(O)C1NC(C)=O. The van der Waals surface area contributed by atoms with Gasteiger partial charge in [-0.15, -0.1) is 0 Å². The number of carbonyl (C=O) groups excluding carboxylic acids is 4. The molecule has 16 heteroatoms. The fourth-order valence-electron chi connectivity index (χ4n) is 4.77. The van der Waals surface area contributed by atoms with Crippen LogP contribution in [-0.4, -0.2) is 114 Å². The van der Waals surface area contributed by atoms with E-state index in [1.165, 1.54) is 13.8 Å². The van der Waals surface area contributed by atoms with Gasteiger partial charge in [0.2, 0.25) is 11.8 Å². The molecule has 0 bridgehead atoms. The minimum atomic E-state index is -2.57. The van der Waals surface area contributed by atoms with E-state index in [0.717, 1.165) is 0 Å². The van der Waals surface area contributed by atoms with E-state index < -0.39 is 84.7 Å². The van der Waals surface area contributed by atoms with Crippen molar-refractivity contribution in [1.29, 1.82) is 0 Å². The van der Waals surface area contributed by atoms with Crippen LogP contribution in [0.4, 0.5) is 0 Å². The lowest BCUT2D eigenvalue weighted by molar-refractivity contribution is -0.276. The Balaban J connectivity index is 0.000000440. The molecule has 0 saturated carbocycles. The van der Waals surface area contributed by atoms with Gasteiger partial charge in [0.15, 0.2) is 0 Å². The summed E-state index contributed by atoms with van der Waals surface area (Å²) in [6.07, 6.45) is -5.31. The zero-order chi connectivity index (χ0) is 34.2. The van der Waals surface area contributed by atoms with Crippen molar-refractivity contribution >= 4 is 35.3 Å². The highest BCUT2D eigenvalue weighted by Crippen LogP contribution is 2.31. The van der Waals surface area contributed by atoms with Crippen molar-refractivity contribution in [3.8, 4) is 0 Å². The minimum Gasteiger partial charge on any atom is -0.477 e. The predicted octanol–water partition coefficient (Wildman–Crippen LogP) is -1.16. The first-order valence-corrected chi connectivity index (χ1v) is 14.4. The Morgan fingerprint density at radius 2 is 1.00 bits per heavy atom. The van der Waals surface area contributed by atoms with Crippen LogP contribution in [0.15, 0.2) is 0 Å². The number of aliphatic carboxylic acids is 2. The van der Waals surface area contributed by atoms with Gasteiger partial charge in [0.05, 0.1) is 36.5 Å². The summed E-state index contributed by atoms with van der Waals surface area (Å²) in [6.45, 7) is 9.57. The number of ketones is 2. The Hall–Kier alpha value is -3.02. The monoisotopic (exact) mass is 634 g/mol. The molecule has 0 aromatic heterocycles. The minimum absolute atomic E-state index is 0.190. The smallest absolute Gasteiger partial charge is 0.364 e. The number of ether oxygens (including phenoxy) is 2. The maximum absolute atomic E-state index is 12.1. The molecule has 0 aliphatic carbocycles. The Bertz CT molecular complexity index is 987. The van der Waals surface area contributed by atoms with Gasteiger partial charge >= 0.3 is 11.9 Å². The van der Waals surface area contributed by atoms with Gasteiger partial charge in [-0.05, 0) is 12.8 Å². The van der Waals surface area contributed by atoms with Gasteiger partial charge in [0.25, 0.3) is 11.6 Å². The normalized spacial score (nSPS) is 33.0. The summed E-state index contributed by atoms with van der Waals surface area (Å²) in [6, 6.07) is -1.91. The van der Waals surface area contributed by atoms with Crippen molar-refractivity contribution in [2.75, 3.05) is 0 Å². The first-order valence-electron chi connectivity index (χ1n) is 14.4. The molecule has 2 rings (SSSR count). The molecule has 0 radical (unpaired) electrons. The zero-order valence-electron chi connectivity index (χ0n) is 25.8. The van der Waals surface area contributed by atoms with E-state index in [0.29, 0.717) is 12.8 Å². The van der Waals surface area contributed by atoms with E-state index in [1.807, 2.05) is 13.8 Å². The van der Waals surface area contributed by atoms with E-state index in [2.05, 4.69) is 10.6 Å². The average molecular weight is 635 g/mol. The number of hydrogen-bond donors (Lipinski definition) is 8. The van der Waals surface area contributed by atoms with E-state index in [9.17, 15) is 49.2 Å². The molecule has 44 heavy (non-hydrogen) atoms. The number of carbonyl (C=O) groups is 6. The van der Waals surface area contributed by atoms with Gasteiger partial charge in [0, 0.05) is 51.4 Å². The summed E-state index contributed by atoms with van der Waals surface area (Å²) < 4.78 is 10.3. The van der Waals surface area contributed by atoms with Crippen molar-refractivity contribution in [3.63, 3.8) is 0 Å². The molecule has 2 heterocycles. The topological polar surface area (TPSA) is 266 Å². The number of carboxylic acid groups (broad SMARTS) is 2. The quantitative estimate of drug-likeness (QED) is 0.126. The van der Waals surface area contributed by atoms with Crippen LogP contribution < -0.4 is 10.6 Å². The molecule has 2 aliphatic rings. The molecule has 10 atom stereocenters. The van der Waals surface area contributed by atoms with E-state index in [1.54, 1.807) is 13.8 Å². The number of rotatable bonds is 12. The summed E-state index contributed by atoms with van der Waals surface area (Å²) in [5, 5.41) is 63.0. The number of aliphatic hydroxyl groups is 4. The fourth-order valence-corrected chi connectivity index (χ4v) is 4.77. The number of nitrogens with one attached hydrogen (secondary N) is 2. The molecule has 2 saturated heterocycles. The highest BCUT2D eigenvalue weighted by atomic mass is 16.7. The summed E-state index contributed by atoms with van der Waals surface area (Å²) in [4.78, 5) is 68.8. The van der Waals surface area contributed by atoms with E-state index in [4.69, 9.17) is 19.7 Å². The predicted molar refractivity (Wildman–Crippen MR) is 150 cm³/mol. The fraction of sp³-hybridized carbons (Fsp3) is 0.786. The number of amides is 2. The third-order valence-electron chi connectivity index (χ3n) is 7.83. The largest absolute Gasteiger partial charge is 0.477 e. The van der Waals surface area contributed by atoms with E-state index >= 15 is 0 Å². The lowest BCUT2D eigenvalue weighted by Gasteiger charge is -2.42. The second-order valence-electron chi connectivity index (χ2n) is 11.4. The lowest BCUT2D eigenvalue weighted by atomic mass is 9.88. The van der Waals surface area contributed by atoms with E-state index in [-0.39, 0.29) is 36.2 Å². The molecular weight excluding hydrogens is 588 g/mol. The number of hydrogen-bond acceptors (Lipinski definition) is 12. The van der Waals surface area contributed by atoms with Crippen LogP contribution in [0.3, 0.4) is 0 Å². The molecule has 252 valence electrons. The first kappa shape index (κ1) is 39.0. The molecule has 2 fully saturated rings. The second-order valence-corrected chi connectivity index (χ2v) is 11.4. The summed E-state index contributed by atoms with van der Waals surface area (Å²) >= 11 is 0. The molecule has 8 N–H and O–H groups in total. The highest BCUT2D eigenvalue weighted by Gasteiger charge is 2.52. The maximum atomic E-state index is 12.1. The molecule has 2 amide bonds. The highest BCUT2D eigenvalue weighted by molar-refractivity contribution is 5.82. The Morgan fingerprint density at radius 1 is 0.705 bits per heavy atom.